The average Bonchev–Trinajstić information content (AvgIpc) is 3.49. The number of H-pyrrole nitrogens is 1. The summed E-state index contributed by atoms with van der Waals surface area (Å²) in [6, 6.07) is 10.8. The smallest absolute Gasteiger partial charge is 0.273 e. The number of amides is 1. The summed E-state index contributed by atoms with van der Waals surface area (Å²) in [6.45, 7) is 0.209. The molecule has 0 spiro atoms. The number of carbonyl (C=O) groups excluding carboxylic acids is 1. The molecule has 0 unspecified atom stereocenters. The molecule has 5 rings (SSSR count). The first-order valence-electron chi connectivity index (χ1n) is 8.47. The Labute approximate surface area is 159 Å². The molecule has 1 amide bonds. The van der Waals surface area contributed by atoms with E-state index in [1.807, 2.05) is 18.2 Å². The van der Waals surface area contributed by atoms with E-state index < -0.39 is 0 Å². The first kappa shape index (κ1) is 16.1. The number of rotatable bonds is 4. The summed E-state index contributed by atoms with van der Waals surface area (Å²) in [7, 11) is 0. The summed E-state index contributed by atoms with van der Waals surface area (Å²) in [4.78, 5) is 20.8. The standard InChI is InChI=1S/C19H14N6O3/c26-19(22-13-2-4-18(21-9-13)25-6-5-20-10-25)15-8-14(23-24-15)12-1-3-16-17(7-12)28-11-27-16/h1-10H,11H2,(H,22,26)(H,23,24). The predicted octanol–water partition coefficient (Wildman–Crippen LogP) is 2.64. The van der Waals surface area contributed by atoms with Gasteiger partial charge in [-0.2, -0.15) is 5.10 Å². The van der Waals surface area contributed by atoms with E-state index in [-0.39, 0.29) is 12.7 Å². The molecule has 0 atom stereocenters. The van der Waals surface area contributed by atoms with Gasteiger partial charge in [-0.3, -0.25) is 14.5 Å². The van der Waals surface area contributed by atoms with E-state index in [0.717, 1.165) is 5.56 Å². The minimum absolute atomic E-state index is 0.209. The normalized spacial score (nSPS) is 12.1. The number of nitrogens with zero attached hydrogens (tertiary/aromatic N) is 4. The number of carbonyl (C=O) groups is 1. The van der Waals surface area contributed by atoms with Crippen LogP contribution >= 0.6 is 0 Å². The zero-order valence-electron chi connectivity index (χ0n) is 14.5. The van der Waals surface area contributed by atoms with Crippen LogP contribution in [0.1, 0.15) is 10.5 Å². The second kappa shape index (κ2) is 6.54. The number of aromatic amines is 1. The molecule has 0 radical (unpaired) electrons. The molecule has 9 nitrogen and oxygen atoms in total. The van der Waals surface area contributed by atoms with Crippen LogP contribution in [0.5, 0.6) is 11.5 Å². The quantitative estimate of drug-likeness (QED) is 0.569. The number of benzene rings is 1. The van der Waals surface area contributed by atoms with Crippen molar-refractivity contribution in [3.63, 3.8) is 0 Å². The number of hydrogen-bond acceptors (Lipinski definition) is 6. The summed E-state index contributed by atoms with van der Waals surface area (Å²) in [6.07, 6.45) is 6.71. The van der Waals surface area contributed by atoms with Crippen LogP contribution in [0.3, 0.4) is 0 Å². The third-order valence-corrected chi connectivity index (χ3v) is 4.27. The summed E-state index contributed by atoms with van der Waals surface area (Å²) in [5, 5.41) is 9.77. The van der Waals surface area contributed by atoms with E-state index in [9.17, 15) is 4.79 Å². The van der Waals surface area contributed by atoms with Crippen LogP contribution in [-0.4, -0.2) is 37.4 Å². The predicted molar refractivity (Wildman–Crippen MR) is 99.5 cm³/mol. The lowest BCUT2D eigenvalue weighted by Gasteiger charge is -2.05. The van der Waals surface area contributed by atoms with Crippen LogP contribution in [0.4, 0.5) is 5.69 Å². The van der Waals surface area contributed by atoms with Crippen LogP contribution in [0.15, 0.2) is 61.3 Å². The van der Waals surface area contributed by atoms with Crippen LogP contribution in [0, 0.1) is 0 Å². The molecule has 1 aromatic carbocycles. The Morgan fingerprint density at radius 3 is 2.89 bits per heavy atom. The molecule has 9 heteroatoms. The SMILES string of the molecule is O=C(Nc1ccc(-n2ccnc2)nc1)c1cc(-c2ccc3c(c2)OCO3)n[nH]1. The molecule has 0 bridgehead atoms. The molecule has 4 aromatic rings. The van der Waals surface area contributed by atoms with E-state index in [1.54, 1.807) is 47.7 Å². The summed E-state index contributed by atoms with van der Waals surface area (Å²) in [5.41, 5.74) is 2.38. The maximum atomic E-state index is 12.5. The zero-order chi connectivity index (χ0) is 18.9. The van der Waals surface area contributed by atoms with Gasteiger partial charge in [-0.05, 0) is 36.4 Å². The van der Waals surface area contributed by atoms with E-state index >= 15 is 0 Å². The number of fused-ring (bicyclic) bond motifs is 1. The number of ether oxygens (including phenoxy) is 2. The fourth-order valence-electron chi connectivity index (χ4n) is 2.85. The Balaban J connectivity index is 1.31. The van der Waals surface area contributed by atoms with Gasteiger partial charge in [0, 0.05) is 18.0 Å². The lowest BCUT2D eigenvalue weighted by molar-refractivity contribution is 0.102. The molecule has 0 saturated heterocycles. The van der Waals surface area contributed by atoms with Gasteiger partial charge in [0.15, 0.2) is 11.5 Å². The monoisotopic (exact) mass is 374 g/mol. The molecule has 1 aliphatic heterocycles. The van der Waals surface area contributed by atoms with Gasteiger partial charge in [0.05, 0.1) is 17.6 Å². The average molecular weight is 374 g/mol. The Morgan fingerprint density at radius 1 is 1.14 bits per heavy atom. The Bertz CT molecular complexity index is 1130. The first-order chi connectivity index (χ1) is 13.8. The van der Waals surface area contributed by atoms with Crippen molar-refractivity contribution in [1.82, 2.24) is 24.7 Å². The van der Waals surface area contributed by atoms with Crippen molar-refractivity contribution in [3.8, 4) is 28.6 Å². The zero-order valence-corrected chi connectivity index (χ0v) is 14.5. The van der Waals surface area contributed by atoms with Gasteiger partial charge in [0.1, 0.15) is 17.8 Å². The van der Waals surface area contributed by atoms with E-state index in [0.29, 0.717) is 34.4 Å². The van der Waals surface area contributed by atoms with Crippen molar-refractivity contribution >= 4 is 11.6 Å². The van der Waals surface area contributed by atoms with E-state index in [4.69, 9.17) is 9.47 Å². The van der Waals surface area contributed by atoms with Gasteiger partial charge in [-0.1, -0.05) is 0 Å². The van der Waals surface area contributed by atoms with Crippen molar-refractivity contribution < 1.29 is 14.3 Å². The minimum atomic E-state index is -0.309. The number of imidazole rings is 1. The molecule has 4 heterocycles. The van der Waals surface area contributed by atoms with E-state index in [1.165, 1.54) is 0 Å². The molecule has 3 aromatic heterocycles. The molecule has 0 fully saturated rings. The molecule has 0 saturated carbocycles. The maximum Gasteiger partial charge on any atom is 0.273 e. The van der Waals surface area contributed by atoms with Gasteiger partial charge in [0.25, 0.3) is 5.91 Å². The summed E-state index contributed by atoms with van der Waals surface area (Å²) in [5.74, 6) is 1.76. The number of nitrogens with one attached hydrogen (secondary N) is 2. The Kier molecular flexibility index (Phi) is 3.75. The van der Waals surface area contributed by atoms with Gasteiger partial charge in [-0.15, -0.1) is 0 Å². The number of aromatic nitrogens is 5. The Morgan fingerprint density at radius 2 is 2.07 bits per heavy atom. The molecule has 138 valence electrons. The fraction of sp³-hybridized carbons (Fsp3) is 0.0526. The fourth-order valence-corrected chi connectivity index (χ4v) is 2.85. The third kappa shape index (κ3) is 2.94. The van der Waals surface area contributed by atoms with Crippen LogP contribution < -0.4 is 14.8 Å². The third-order valence-electron chi connectivity index (χ3n) is 4.27. The number of pyridine rings is 1. The molecule has 2 N–H and O–H groups in total. The summed E-state index contributed by atoms with van der Waals surface area (Å²) < 4.78 is 12.5. The second-order valence-corrected chi connectivity index (χ2v) is 6.06. The number of hydrogen-bond donors (Lipinski definition) is 2. The van der Waals surface area contributed by atoms with E-state index in [2.05, 4.69) is 25.5 Å². The van der Waals surface area contributed by atoms with Crippen molar-refractivity contribution in [2.24, 2.45) is 0 Å². The van der Waals surface area contributed by atoms with Gasteiger partial charge < -0.3 is 14.8 Å². The highest BCUT2D eigenvalue weighted by molar-refractivity contribution is 6.03. The lowest BCUT2D eigenvalue weighted by atomic mass is 10.1. The molecule has 0 aliphatic carbocycles. The van der Waals surface area contributed by atoms with Crippen molar-refractivity contribution in [1.29, 1.82) is 0 Å². The first-order valence-corrected chi connectivity index (χ1v) is 8.47. The topological polar surface area (TPSA) is 107 Å². The Hall–Kier alpha value is -4.14. The van der Waals surface area contributed by atoms with Crippen molar-refractivity contribution in [3.05, 3.63) is 67.0 Å². The van der Waals surface area contributed by atoms with Gasteiger partial charge >= 0.3 is 0 Å². The highest BCUT2D eigenvalue weighted by atomic mass is 16.7. The van der Waals surface area contributed by atoms with Gasteiger partial charge in [0.2, 0.25) is 6.79 Å². The molecule has 1 aliphatic rings. The second-order valence-electron chi connectivity index (χ2n) is 6.06. The van der Waals surface area contributed by atoms with Crippen molar-refractivity contribution in [2.45, 2.75) is 0 Å². The molecular weight excluding hydrogens is 360 g/mol. The minimum Gasteiger partial charge on any atom is -0.454 e. The van der Waals surface area contributed by atoms with Crippen LogP contribution in [0.2, 0.25) is 0 Å². The largest absolute Gasteiger partial charge is 0.454 e. The highest BCUT2D eigenvalue weighted by Crippen LogP contribution is 2.35. The van der Waals surface area contributed by atoms with Crippen LogP contribution in [-0.2, 0) is 0 Å². The molecular formula is C19H14N6O3. The van der Waals surface area contributed by atoms with Gasteiger partial charge in [-0.25, -0.2) is 9.97 Å². The van der Waals surface area contributed by atoms with Crippen LogP contribution in [0.25, 0.3) is 17.1 Å². The highest BCUT2D eigenvalue weighted by Gasteiger charge is 2.16. The lowest BCUT2D eigenvalue weighted by Crippen LogP contribution is -2.12. The summed E-state index contributed by atoms with van der Waals surface area (Å²) >= 11 is 0. The molecule has 28 heavy (non-hydrogen) atoms. The van der Waals surface area contributed by atoms with Crippen molar-refractivity contribution in [2.75, 3.05) is 12.1 Å². The maximum absolute atomic E-state index is 12.5. The number of anilines is 1.